The monoisotopic (exact) mass is 237 g/mol. The highest BCUT2D eigenvalue weighted by molar-refractivity contribution is 9.10. The Morgan fingerprint density at radius 1 is 1.54 bits per heavy atom. The number of amidine groups is 1. The van der Waals surface area contributed by atoms with Gasteiger partial charge in [0, 0.05) is 11.0 Å². The van der Waals surface area contributed by atoms with E-state index in [4.69, 9.17) is 5.73 Å². The Labute approximate surface area is 87.0 Å². The summed E-state index contributed by atoms with van der Waals surface area (Å²) in [5, 5.41) is 0. The van der Waals surface area contributed by atoms with Crippen molar-refractivity contribution in [2.75, 3.05) is 6.54 Å². The molecule has 0 amide bonds. The summed E-state index contributed by atoms with van der Waals surface area (Å²) in [4.78, 5) is 4.13. The first-order valence-corrected chi connectivity index (χ1v) is 4.99. The molecule has 0 aliphatic carbocycles. The number of aliphatic imine (C=N–C) groups is 1. The van der Waals surface area contributed by atoms with Crippen molar-refractivity contribution in [3.63, 3.8) is 0 Å². The van der Waals surface area contributed by atoms with Crippen LogP contribution in [-0.2, 0) is 6.42 Å². The van der Waals surface area contributed by atoms with Crippen LogP contribution < -0.4 is 5.73 Å². The molecule has 0 aromatic heterocycles. The third kappa shape index (κ3) is 4.08. The number of halogens is 1. The van der Waals surface area contributed by atoms with Gasteiger partial charge in [0.05, 0.1) is 5.84 Å². The third-order valence-corrected chi connectivity index (χ3v) is 2.14. The first kappa shape index (κ1) is 10.3. The normalized spacial score (nSPS) is 11.7. The number of hydrogen-bond acceptors (Lipinski definition) is 1. The predicted octanol–water partition coefficient (Wildman–Crippen LogP) is 2.37. The van der Waals surface area contributed by atoms with Crippen LogP contribution in [0.3, 0.4) is 0 Å². The fourth-order valence-corrected chi connectivity index (χ4v) is 1.50. The Kier molecular flexibility index (Phi) is 3.96. The Balaban J connectivity index is 2.50. The summed E-state index contributed by atoms with van der Waals surface area (Å²) in [5.74, 6) is 0.648. The molecule has 0 fully saturated rings. The minimum atomic E-state index is 0.648. The van der Waals surface area contributed by atoms with E-state index in [0.717, 1.165) is 17.4 Å². The highest BCUT2D eigenvalue weighted by Gasteiger charge is 1.92. The summed E-state index contributed by atoms with van der Waals surface area (Å²) in [6.07, 6.45) is 0.938. The Bertz CT molecular complexity index is 304. The second kappa shape index (κ2) is 5.02. The van der Waals surface area contributed by atoms with Gasteiger partial charge in [0.2, 0.25) is 0 Å². The molecule has 0 radical (unpaired) electrons. The Morgan fingerprint density at radius 3 is 2.92 bits per heavy atom. The van der Waals surface area contributed by atoms with Crippen LogP contribution in [0.2, 0.25) is 0 Å². The fourth-order valence-electron chi connectivity index (χ4n) is 1.05. The summed E-state index contributed by atoms with van der Waals surface area (Å²) in [7, 11) is 0. The SMILES string of the molecule is CC(N)=NCCc1cccc([76Br])c1. The lowest BCUT2D eigenvalue weighted by Crippen LogP contribution is -2.06. The molecule has 1 rings (SSSR count). The number of nitrogens with two attached hydrogens (primary N) is 1. The van der Waals surface area contributed by atoms with E-state index in [1.54, 1.807) is 6.92 Å². The van der Waals surface area contributed by atoms with Gasteiger partial charge in [-0.1, -0.05) is 28.1 Å². The van der Waals surface area contributed by atoms with E-state index >= 15 is 0 Å². The van der Waals surface area contributed by atoms with Gasteiger partial charge in [0.25, 0.3) is 0 Å². The van der Waals surface area contributed by atoms with Crippen molar-refractivity contribution < 1.29 is 0 Å². The molecule has 2 N–H and O–H groups in total. The van der Waals surface area contributed by atoms with Gasteiger partial charge in [-0.2, -0.15) is 0 Å². The number of hydrogen-bond donors (Lipinski definition) is 1. The number of rotatable bonds is 3. The van der Waals surface area contributed by atoms with Crippen LogP contribution >= 0.6 is 15.9 Å². The fraction of sp³-hybridized carbons (Fsp3) is 0.300. The lowest BCUT2D eigenvalue weighted by atomic mass is 10.2. The van der Waals surface area contributed by atoms with Crippen molar-refractivity contribution in [2.24, 2.45) is 10.7 Å². The van der Waals surface area contributed by atoms with Crippen molar-refractivity contribution in [3.8, 4) is 0 Å². The smallest absolute Gasteiger partial charge is 0.0905 e. The van der Waals surface area contributed by atoms with E-state index in [9.17, 15) is 0 Å². The molecule has 0 spiro atoms. The lowest BCUT2D eigenvalue weighted by molar-refractivity contribution is 0.963. The molecule has 0 aliphatic heterocycles. The van der Waals surface area contributed by atoms with Gasteiger partial charge < -0.3 is 5.73 Å². The zero-order valence-electron chi connectivity index (χ0n) is 7.63. The maximum atomic E-state index is 5.43. The topological polar surface area (TPSA) is 38.4 Å². The zero-order valence-corrected chi connectivity index (χ0v) is 9.21. The highest BCUT2D eigenvalue weighted by Crippen LogP contribution is 2.11. The largest absolute Gasteiger partial charge is 0.388 e. The molecule has 13 heavy (non-hydrogen) atoms. The van der Waals surface area contributed by atoms with E-state index in [2.05, 4.69) is 33.1 Å². The molecule has 70 valence electrons. The minimum Gasteiger partial charge on any atom is -0.388 e. The summed E-state index contributed by atoms with van der Waals surface area (Å²) in [6.45, 7) is 2.57. The van der Waals surface area contributed by atoms with E-state index in [1.165, 1.54) is 5.56 Å². The molecular weight excluding hydrogens is 224 g/mol. The van der Waals surface area contributed by atoms with Gasteiger partial charge in [0.1, 0.15) is 0 Å². The van der Waals surface area contributed by atoms with Crippen LogP contribution in [0.1, 0.15) is 12.5 Å². The average molecular weight is 237 g/mol. The van der Waals surface area contributed by atoms with Gasteiger partial charge in [-0.25, -0.2) is 0 Å². The molecule has 1 aromatic rings. The van der Waals surface area contributed by atoms with E-state index in [1.807, 2.05) is 12.1 Å². The zero-order chi connectivity index (χ0) is 9.68. The second-order valence-electron chi connectivity index (χ2n) is 2.90. The molecule has 2 nitrogen and oxygen atoms in total. The van der Waals surface area contributed by atoms with Crippen LogP contribution in [0.15, 0.2) is 33.7 Å². The van der Waals surface area contributed by atoms with Gasteiger partial charge in [-0.05, 0) is 31.0 Å². The molecule has 3 heteroatoms. The third-order valence-electron chi connectivity index (χ3n) is 1.65. The molecule has 0 unspecified atom stereocenters. The number of benzene rings is 1. The molecule has 0 heterocycles. The number of nitrogens with zero attached hydrogens (tertiary/aromatic N) is 1. The van der Waals surface area contributed by atoms with Crippen LogP contribution in [0, 0.1) is 0 Å². The van der Waals surface area contributed by atoms with Crippen molar-refractivity contribution >= 4 is 21.8 Å². The first-order chi connectivity index (χ1) is 6.18. The van der Waals surface area contributed by atoms with E-state index in [-0.39, 0.29) is 0 Å². The van der Waals surface area contributed by atoms with Gasteiger partial charge in [-0.3, -0.25) is 4.99 Å². The van der Waals surface area contributed by atoms with Crippen LogP contribution in [0.25, 0.3) is 0 Å². The van der Waals surface area contributed by atoms with Crippen molar-refractivity contribution in [1.29, 1.82) is 0 Å². The summed E-state index contributed by atoms with van der Waals surface area (Å²) in [6, 6.07) is 8.23. The van der Waals surface area contributed by atoms with Gasteiger partial charge >= 0.3 is 0 Å². The van der Waals surface area contributed by atoms with Crippen LogP contribution in [-0.4, -0.2) is 12.4 Å². The van der Waals surface area contributed by atoms with E-state index in [0.29, 0.717) is 5.84 Å². The van der Waals surface area contributed by atoms with Crippen LogP contribution in [0.5, 0.6) is 0 Å². The molecule has 0 saturated carbocycles. The minimum absolute atomic E-state index is 0.648. The second-order valence-corrected chi connectivity index (χ2v) is 3.82. The van der Waals surface area contributed by atoms with Crippen molar-refractivity contribution in [3.05, 3.63) is 34.3 Å². The first-order valence-electron chi connectivity index (χ1n) is 4.19. The van der Waals surface area contributed by atoms with Gasteiger partial charge in [0.15, 0.2) is 0 Å². The lowest BCUT2D eigenvalue weighted by Gasteiger charge is -1.98. The quantitative estimate of drug-likeness (QED) is 0.636. The standard InChI is InChI=1S/C10H13BrN2/c1-8(12)13-6-5-9-3-2-4-10(11)7-9/h2-4,7H,5-6H2,1H3,(H2,12,13)/i11-4. The molecule has 1 aromatic carbocycles. The molecule has 0 bridgehead atoms. The summed E-state index contributed by atoms with van der Waals surface area (Å²) >= 11 is 3.42. The van der Waals surface area contributed by atoms with E-state index < -0.39 is 0 Å². The predicted molar refractivity (Wildman–Crippen MR) is 60.0 cm³/mol. The highest BCUT2D eigenvalue weighted by atomic mass is 75.9. The molecular formula is C10H13BrN2. The van der Waals surface area contributed by atoms with Gasteiger partial charge in [-0.15, -0.1) is 0 Å². The summed E-state index contributed by atoms with van der Waals surface area (Å²) in [5.41, 5.74) is 6.70. The average Bonchev–Trinajstić information content (AvgIpc) is 2.03. The maximum absolute atomic E-state index is 5.43. The van der Waals surface area contributed by atoms with Crippen molar-refractivity contribution in [1.82, 2.24) is 0 Å². The molecule has 0 aliphatic rings. The van der Waals surface area contributed by atoms with Crippen molar-refractivity contribution in [2.45, 2.75) is 13.3 Å². The Hall–Kier alpha value is -0.830. The van der Waals surface area contributed by atoms with Crippen LogP contribution in [0.4, 0.5) is 0 Å². The molecule has 0 saturated heterocycles. The molecule has 0 atom stereocenters. The Morgan fingerprint density at radius 2 is 2.31 bits per heavy atom. The summed E-state index contributed by atoms with van der Waals surface area (Å²) < 4.78 is 1.11. The maximum Gasteiger partial charge on any atom is 0.0905 e.